The van der Waals surface area contributed by atoms with Crippen LogP contribution in [0.3, 0.4) is 0 Å². The van der Waals surface area contributed by atoms with Gasteiger partial charge in [-0.2, -0.15) is 0 Å². The molecule has 1 aromatic rings. The van der Waals surface area contributed by atoms with Crippen LogP contribution in [0.4, 0.5) is 11.6 Å². The van der Waals surface area contributed by atoms with Crippen LogP contribution in [0.25, 0.3) is 0 Å². The molecule has 112 valence electrons. The number of nitrogens with one attached hydrogen (secondary N) is 1. The van der Waals surface area contributed by atoms with Crippen LogP contribution in [-0.2, 0) is 10.0 Å². The highest BCUT2D eigenvalue weighted by atomic mass is 32.2. The zero-order valence-electron chi connectivity index (χ0n) is 11.9. The van der Waals surface area contributed by atoms with Gasteiger partial charge in [0, 0.05) is 19.2 Å². The summed E-state index contributed by atoms with van der Waals surface area (Å²) in [6.45, 7) is 2.74. The topological polar surface area (TPSA) is 105 Å². The van der Waals surface area contributed by atoms with Crippen molar-refractivity contribution in [3.05, 3.63) is 17.7 Å². The molecule has 1 rings (SSSR count). The molecule has 0 aliphatic heterocycles. The maximum atomic E-state index is 11.5. The molecule has 0 saturated heterocycles. The average Bonchev–Trinajstić information content (AvgIpc) is 2.36. The van der Waals surface area contributed by atoms with Crippen molar-refractivity contribution in [2.24, 2.45) is 5.73 Å². The fourth-order valence-electron chi connectivity index (χ4n) is 1.47. The van der Waals surface area contributed by atoms with Gasteiger partial charge < -0.3 is 11.1 Å². The number of aromatic nitrogens is 1. The zero-order valence-corrected chi connectivity index (χ0v) is 12.7. The first-order valence-electron chi connectivity index (χ1n) is 6.25. The van der Waals surface area contributed by atoms with E-state index in [1.807, 2.05) is 0 Å². The molecule has 0 aliphatic rings. The van der Waals surface area contributed by atoms with E-state index in [9.17, 15) is 13.2 Å². The summed E-state index contributed by atoms with van der Waals surface area (Å²) in [5.74, 6) is -0.0443. The van der Waals surface area contributed by atoms with E-state index in [2.05, 4.69) is 17.2 Å². The molecule has 0 spiro atoms. The van der Waals surface area contributed by atoms with E-state index >= 15 is 0 Å². The van der Waals surface area contributed by atoms with E-state index < -0.39 is 15.9 Å². The first kappa shape index (κ1) is 16.2. The van der Waals surface area contributed by atoms with Crippen LogP contribution >= 0.6 is 0 Å². The van der Waals surface area contributed by atoms with Crippen LogP contribution < -0.4 is 15.4 Å². The molecule has 7 nitrogen and oxygen atoms in total. The van der Waals surface area contributed by atoms with Gasteiger partial charge in [-0.1, -0.05) is 13.3 Å². The number of sulfonamides is 1. The van der Waals surface area contributed by atoms with Crippen molar-refractivity contribution < 1.29 is 13.2 Å². The minimum absolute atomic E-state index is 0.155. The Morgan fingerprint density at radius 1 is 1.45 bits per heavy atom. The Morgan fingerprint density at radius 2 is 2.10 bits per heavy atom. The molecule has 0 atom stereocenters. The standard InChI is InChI=1S/C12H20N4O3S/c1-4-5-6-14-10-7-9(12(13)17)8-11(15-10)16(2)20(3,18)19/h7-8H,4-6H2,1-3H3,(H2,13,17)(H,14,15). The van der Waals surface area contributed by atoms with Crippen molar-refractivity contribution in [3.8, 4) is 0 Å². The SMILES string of the molecule is CCCCNc1cc(C(N)=O)cc(N(C)S(C)(=O)=O)n1. The normalized spacial score (nSPS) is 11.2. The second-order valence-electron chi connectivity index (χ2n) is 4.47. The van der Waals surface area contributed by atoms with Crippen molar-refractivity contribution in [1.29, 1.82) is 0 Å². The number of pyridine rings is 1. The van der Waals surface area contributed by atoms with E-state index in [1.54, 1.807) is 0 Å². The highest BCUT2D eigenvalue weighted by Gasteiger charge is 2.16. The van der Waals surface area contributed by atoms with Gasteiger partial charge in [-0.15, -0.1) is 0 Å². The van der Waals surface area contributed by atoms with E-state index in [0.29, 0.717) is 12.4 Å². The minimum atomic E-state index is -3.45. The van der Waals surface area contributed by atoms with E-state index in [0.717, 1.165) is 23.4 Å². The van der Waals surface area contributed by atoms with E-state index in [-0.39, 0.29) is 11.4 Å². The molecule has 0 unspecified atom stereocenters. The van der Waals surface area contributed by atoms with Gasteiger partial charge in [0.25, 0.3) is 0 Å². The summed E-state index contributed by atoms with van der Waals surface area (Å²) in [5.41, 5.74) is 5.47. The number of carbonyl (C=O) groups is 1. The summed E-state index contributed by atoms with van der Waals surface area (Å²) in [6, 6.07) is 2.87. The Morgan fingerprint density at radius 3 is 2.60 bits per heavy atom. The molecular weight excluding hydrogens is 280 g/mol. The van der Waals surface area contributed by atoms with Crippen molar-refractivity contribution in [2.45, 2.75) is 19.8 Å². The lowest BCUT2D eigenvalue weighted by atomic mass is 10.2. The van der Waals surface area contributed by atoms with Gasteiger partial charge in [-0.3, -0.25) is 9.10 Å². The molecule has 0 radical (unpaired) electrons. The molecule has 0 saturated carbocycles. The molecule has 1 aromatic heterocycles. The van der Waals surface area contributed by atoms with Crippen LogP contribution in [0.5, 0.6) is 0 Å². The third-order valence-corrected chi connectivity index (χ3v) is 3.93. The van der Waals surface area contributed by atoms with Crippen molar-refractivity contribution in [1.82, 2.24) is 4.98 Å². The predicted octanol–water partition coefficient (Wildman–Crippen LogP) is 0.788. The number of hydrogen-bond acceptors (Lipinski definition) is 5. The van der Waals surface area contributed by atoms with Crippen molar-refractivity contribution >= 4 is 27.6 Å². The van der Waals surface area contributed by atoms with Crippen LogP contribution in [0.2, 0.25) is 0 Å². The number of carbonyl (C=O) groups excluding carboxylic acids is 1. The van der Waals surface area contributed by atoms with Gasteiger partial charge in [-0.05, 0) is 18.6 Å². The average molecular weight is 300 g/mol. The lowest BCUT2D eigenvalue weighted by Gasteiger charge is -2.17. The number of primary amides is 1. The number of hydrogen-bond donors (Lipinski definition) is 2. The van der Waals surface area contributed by atoms with Gasteiger partial charge >= 0.3 is 0 Å². The fraction of sp³-hybridized carbons (Fsp3) is 0.500. The highest BCUT2D eigenvalue weighted by molar-refractivity contribution is 7.92. The lowest BCUT2D eigenvalue weighted by molar-refractivity contribution is 0.1000. The summed E-state index contributed by atoms with van der Waals surface area (Å²) >= 11 is 0. The first-order valence-corrected chi connectivity index (χ1v) is 8.10. The maximum absolute atomic E-state index is 11.5. The minimum Gasteiger partial charge on any atom is -0.370 e. The van der Waals surface area contributed by atoms with Crippen LogP contribution in [0, 0.1) is 0 Å². The Hall–Kier alpha value is -1.83. The summed E-state index contributed by atoms with van der Waals surface area (Å²) < 4.78 is 24.1. The van der Waals surface area contributed by atoms with Gasteiger partial charge in [0.15, 0.2) is 0 Å². The second-order valence-corrected chi connectivity index (χ2v) is 6.49. The monoisotopic (exact) mass is 300 g/mol. The van der Waals surface area contributed by atoms with Crippen LogP contribution in [0.1, 0.15) is 30.1 Å². The van der Waals surface area contributed by atoms with E-state index in [4.69, 9.17) is 5.73 Å². The fourth-order valence-corrected chi connectivity index (χ4v) is 1.91. The number of rotatable bonds is 7. The third-order valence-electron chi connectivity index (χ3n) is 2.75. The lowest BCUT2D eigenvalue weighted by Crippen LogP contribution is -2.26. The molecule has 20 heavy (non-hydrogen) atoms. The summed E-state index contributed by atoms with van der Waals surface area (Å²) in [5, 5.41) is 3.05. The van der Waals surface area contributed by atoms with Gasteiger partial charge in [0.1, 0.15) is 11.6 Å². The molecule has 0 bridgehead atoms. The van der Waals surface area contributed by atoms with Crippen molar-refractivity contribution in [3.63, 3.8) is 0 Å². The molecule has 3 N–H and O–H groups in total. The van der Waals surface area contributed by atoms with Crippen molar-refractivity contribution in [2.75, 3.05) is 29.5 Å². The quantitative estimate of drug-likeness (QED) is 0.724. The summed E-state index contributed by atoms with van der Waals surface area (Å²) in [6.07, 6.45) is 3.02. The number of unbranched alkanes of at least 4 members (excludes halogenated alkanes) is 1. The largest absolute Gasteiger partial charge is 0.370 e. The Labute approximate surface area is 119 Å². The van der Waals surface area contributed by atoms with Gasteiger partial charge in [-0.25, -0.2) is 13.4 Å². The smallest absolute Gasteiger partial charge is 0.248 e. The predicted molar refractivity (Wildman–Crippen MR) is 79.4 cm³/mol. The Kier molecular flexibility index (Phi) is 5.32. The molecule has 1 amide bonds. The van der Waals surface area contributed by atoms with Crippen LogP contribution in [0.15, 0.2) is 12.1 Å². The molecule has 0 aliphatic carbocycles. The van der Waals surface area contributed by atoms with Crippen LogP contribution in [-0.4, -0.2) is 39.2 Å². The number of amides is 1. The van der Waals surface area contributed by atoms with Gasteiger partial charge in [0.2, 0.25) is 15.9 Å². The molecule has 1 heterocycles. The second kappa shape index (κ2) is 6.56. The number of anilines is 2. The molecular formula is C12H20N4O3S. The Balaban J connectivity index is 3.14. The van der Waals surface area contributed by atoms with E-state index in [1.165, 1.54) is 19.2 Å². The first-order chi connectivity index (χ1) is 9.25. The highest BCUT2D eigenvalue weighted by Crippen LogP contribution is 2.19. The zero-order chi connectivity index (χ0) is 15.3. The molecule has 8 heteroatoms. The van der Waals surface area contributed by atoms with Gasteiger partial charge in [0.05, 0.1) is 6.26 Å². The summed E-state index contributed by atoms with van der Waals surface area (Å²) in [7, 11) is -2.08. The number of nitrogens with zero attached hydrogens (tertiary/aromatic N) is 2. The Bertz CT molecular complexity index is 586. The molecule has 0 aromatic carbocycles. The maximum Gasteiger partial charge on any atom is 0.248 e. The third kappa shape index (κ3) is 4.37. The number of nitrogens with two attached hydrogens (primary N) is 1. The molecule has 0 fully saturated rings. The summed E-state index contributed by atoms with van der Waals surface area (Å²) in [4.78, 5) is 15.5.